The summed E-state index contributed by atoms with van der Waals surface area (Å²) in [5.41, 5.74) is 9.35. The summed E-state index contributed by atoms with van der Waals surface area (Å²) in [5.74, 6) is 0.767. The molecular formula is C28H23N3. The van der Waals surface area contributed by atoms with Crippen LogP contribution in [0.4, 0.5) is 0 Å². The fourth-order valence-corrected chi connectivity index (χ4v) is 5.84. The van der Waals surface area contributed by atoms with Gasteiger partial charge in [0.05, 0.1) is 0 Å². The highest BCUT2D eigenvalue weighted by Crippen LogP contribution is 2.49. The number of rotatable bonds is 2. The summed E-state index contributed by atoms with van der Waals surface area (Å²) < 4.78 is 0. The molecule has 0 aliphatic heterocycles. The van der Waals surface area contributed by atoms with Gasteiger partial charge in [-0.25, -0.2) is 0 Å². The van der Waals surface area contributed by atoms with Gasteiger partial charge in [-0.05, 0) is 47.7 Å². The molecule has 0 saturated carbocycles. The van der Waals surface area contributed by atoms with Crippen LogP contribution < -0.4 is 0 Å². The van der Waals surface area contributed by atoms with Crippen LogP contribution in [0, 0.1) is 0 Å². The summed E-state index contributed by atoms with van der Waals surface area (Å²) in [6, 6.07) is 26.1. The number of aromatic nitrogens is 3. The van der Waals surface area contributed by atoms with Crippen molar-refractivity contribution in [1.82, 2.24) is 15.0 Å². The van der Waals surface area contributed by atoms with Gasteiger partial charge in [-0.1, -0.05) is 54.6 Å². The Morgan fingerprint density at radius 1 is 0.548 bits per heavy atom. The molecule has 1 aliphatic carbocycles. The fourth-order valence-electron chi connectivity index (χ4n) is 5.84. The minimum Gasteiger partial charge on any atom is -0.361 e. The molecule has 6 aromatic rings. The van der Waals surface area contributed by atoms with E-state index in [1.54, 1.807) is 0 Å². The standard InChI is InChI=1S/C28H23N3/c1-4-10-24-17(7-1)22(15-29-24)19-13-14-20(23-16-30-25-11-5-2-8-18(23)25)28-27(19)21-9-3-6-12-26(21)31-28/h1-12,15-16,19-20,29-31H,13-14H2/t19-,20-/m1/s1. The molecule has 3 aromatic carbocycles. The Morgan fingerprint density at radius 3 is 1.74 bits per heavy atom. The van der Waals surface area contributed by atoms with E-state index in [4.69, 9.17) is 0 Å². The van der Waals surface area contributed by atoms with E-state index in [9.17, 15) is 0 Å². The van der Waals surface area contributed by atoms with Crippen molar-refractivity contribution in [1.29, 1.82) is 0 Å². The van der Waals surface area contributed by atoms with E-state index in [1.807, 2.05) is 0 Å². The molecule has 0 saturated heterocycles. The molecule has 3 heterocycles. The summed E-state index contributed by atoms with van der Waals surface area (Å²) in [6.45, 7) is 0. The molecule has 3 heteroatoms. The SMILES string of the molecule is c1ccc2c([C@H]3CC[C@H](c4c[nH]c5ccccc45)c4[nH]c5ccccc5c43)c[nH]c2c1. The third-order valence-corrected chi connectivity index (χ3v) is 7.21. The predicted octanol–water partition coefficient (Wildman–Crippen LogP) is 7.19. The summed E-state index contributed by atoms with van der Waals surface area (Å²) >= 11 is 0. The Hall–Kier alpha value is -3.72. The lowest BCUT2D eigenvalue weighted by Gasteiger charge is -2.29. The van der Waals surface area contributed by atoms with Crippen molar-refractivity contribution < 1.29 is 0 Å². The Labute approximate surface area is 180 Å². The van der Waals surface area contributed by atoms with Crippen LogP contribution >= 0.6 is 0 Å². The minimum absolute atomic E-state index is 0.375. The first-order valence-electron chi connectivity index (χ1n) is 11.1. The molecule has 0 amide bonds. The van der Waals surface area contributed by atoms with Crippen molar-refractivity contribution in [2.24, 2.45) is 0 Å². The lowest BCUT2D eigenvalue weighted by atomic mass is 9.74. The van der Waals surface area contributed by atoms with Crippen molar-refractivity contribution in [3.05, 3.63) is 108 Å². The topological polar surface area (TPSA) is 47.4 Å². The molecule has 150 valence electrons. The van der Waals surface area contributed by atoms with Crippen LogP contribution in [0.2, 0.25) is 0 Å². The number of nitrogens with one attached hydrogen (secondary N) is 3. The maximum Gasteiger partial charge on any atom is 0.0459 e. The largest absolute Gasteiger partial charge is 0.361 e. The second-order valence-electron chi connectivity index (χ2n) is 8.76. The van der Waals surface area contributed by atoms with Gasteiger partial charge in [-0.3, -0.25) is 0 Å². The Balaban J connectivity index is 1.47. The molecule has 0 bridgehead atoms. The van der Waals surface area contributed by atoms with Crippen LogP contribution in [0.15, 0.2) is 85.2 Å². The smallest absolute Gasteiger partial charge is 0.0459 e. The number of aromatic amines is 3. The molecule has 0 radical (unpaired) electrons. The summed E-state index contributed by atoms with van der Waals surface area (Å²) in [5, 5.41) is 4.04. The maximum atomic E-state index is 3.84. The number of H-pyrrole nitrogens is 3. The molecule has 31 heavy (non-hydrogen) atoms. The number of fused-ring (bicyclic) bond motifs is 5. The maximum absolute atomic E-state index is 3.84. The third-order valence-electron chi connectivity index (χ3n) is 7.21. The van der Waals surface area contributed by atoms with E-state index in [0.29, 0.717) is 11.8 Å². The normalized spacial score (nSPS) is 18.7. The highest BCUT2D eigenvalue weighted by atomic mass is 14.8. The summed E-state index contributed by atoms with van der Waals surface area (Å²) in [4.78, 5) is 10.8. The zero-order valence-corrected chi connectivity index (χ0v) is 17.2. The molecule has 0 spiro atoms. The van der Waals surface area contributed by atoms with E-state index in [-0.39, 0.29) is 0 Å². The van der Waals surface area contributed by atoms with E-state index in [1.165, 1.54) is 55.1 Å². The van der Waals surface area contributed by atoms with Crippen molar-refractivity contribution in [3.63, 3.8) is 0 Å². The van der Waals surface area contributed by atoms with Gasteiger partial charge in [0.1, 0.15) is 0 Å². The predicted molar refractivity (Wildman–Crippen MR) is 128 cm³/mol. The fraction of sp³-hybridized carbons (Fsp3) is 0.143. The minimum atomic E-state index is 0.375. The van der Waals surface area contributed by atoms with Crippen molar-refractivity contribution in [2.45, 2.75) is 24.7 Å². The Morgan fingerprint density at radius 2 is 1.06 bits per heavy atom. The van der Waals surface area contributed by atoms with Crippen LogP contribution in [-0.4, -0.2) is 15.0 Å². The Kier molecular flexibility index (Phi) is 3.50. The van der Waals surface area contributed by atoms with Gasteiger partial charge < -0.3 is 15.0 Å². The molecular weight excluding hydrogens is 378 g/mol. The van der Waals surface area contributed by atoms with Crippen molar-refractivity contribution >= 4 is 32.7 Å². The molecule has 3 aromatic heterocycles. The molecule has 2 atom stereocenters. The van der Waals surface area contributed by atoms with Crippen LogP contribution in [0.25, 0.3) is 32.7 Å². The number of benzene rings is 3. The van der Waals surface area contributed by atoms with Gasteiger partial charge in [-0.2, -0.15) is 0 Å². The monoisotopic (exact) mass is 401 g/mol. The first-order chi connectivity index (χ1) is 15.4. The molecule has 0 unspecified atom stereocenters. The number of hydrogen-bond donors (Lipinski definition) is 3. The first kappa shape index (κ1) is 17.0. The second-order valence-corrected chi connectivity index (χ2v) is 8.76. The Bertz CT molecular complexity index is 1560. The van der Waals surface area contributed by atoms with Gasteiger partial charge in [0, 0.05) is 62.6 Å². The molecule has 3 N–H and O–H groups in total. The molecule has 3 nitrogen and oxygen atoms in total. The number of para-hydroxylation sites is 3. The first-order valence-corrected chi connectivity index (χ1v) is 11.1. The van der Waals surface area contributed by atoms with Crippen LogP contribution in [0.3, 0.4) is 0 Å². The average molecular weight is 402 g/mol. The average Bonchev–Trinajstić information content (AvgIpc) is 3.53. The zero-order valence-electron chi connectivity index (χ0n) is 17.2. The third kappa shape index (κ3) is 2.40. The van der Waals surface area contributed by atoms with Crippen LogP contribution in [-0.2, 0) is 0 Å². The van der Waals surface area contributed by atoms with E-state index < -0.39 is 0 Å². The lowest BCUT2D eigenvalue weighted by Crippen LogP contribution is -2.15. The van der Waals surface area contributed by atoms with Crippen LogP contribution in [0.1, 0.15) is 47.1 Å². The quantitative estimate of drug-likeness (QED) is 0.275. The molecule has 0 fully saturated rings. The van der Waals surface area contributed by atoms with Gasteiger partial charge in [0.2, 0.25) is 0 Å². The zero-order chi connectivity index (χ0) is 20.4. The van der Waals surface area contributed by atoms with Gasteiger partial charge in [0.25, 0.3) is 0 Å². The van der Waals surface area contributed by atoms with Crippen molar-refractivity contribution in [3.8, 4) is 0 Å². The molecule has 7 rings (SSSR count). The van der Waals surface area contributed by atoms with Gasteiger partial charge >= 0.3 is 0 Å². The lowest BCUT2D eigenvalue weighted by molar-refractivity contribution is 0.565. The van der Waals surface area contributed by atoms with E-state index in [2.05, 4.69) is 100 Å². The van der Waals surface area contributed by atoms with Gasteiger partial charge in [0.15, 0.2) is 0 Å². The van der Waals surface area contributed by atoms with Crippen LogP contribution in [0.5, 0.6) is 0 Å². The highest BCUT2D eigenvalue weighted by molar-refractivity contribution is 5.91. The summed E-state index contributed by atoms with van der Waals surface area (Å²) in [7, 11) is 0. The second kappa shape index (κ2) is 6.39. The number of hydrogen-bond acceptors (Lipinski definition) is 0. The van der Waals surface area contributed by atoms with E-state index in [0.717, 1.165) is 12.8 Å². The highest BCUT2D eigenvalue weighted by Gasteiger charge is 2.34. The summed E-state index contributed by atoms with van der Waals surface area (Å²) in [6.07, 6.45) is 6.72. The van der Waals surface area contributed by atoms with Gasteiger partial charge in [-0.15, -0.1) is 0 Å². The van der Waals surface area contributed by atoms with Crippen molar-refractivity contribution in [2.75, 3.05) is 0 Å². The van der Waals surface area contributed by atoms with E-state index >= 15 is 0 Å². The molecule has 1 aliphatic rings.